The topological polar surface area (TPSA) is 108 Å². The van der Waals surface area contributed by atoms with Gasteiger partial charge in [0.15, 0.2) is 0 Å². The van der Waals surface area contributed by atoms with Crippen molar-refractivity contribution in [1.29, 1.82) is 0 Å². The van der Waals surface area contributed by atoms with Crippen molar-refractivity contribution in [2.45, 2.75) is 0 Å². The molecule has 1 heterocycles. The van der Waals surface area contributed by atoms with E-state index >= 15 is 0 Å². The summed E-state index contributed by atoms with van der Waals surface area (Å²) in [6, 6.07) is 13.4. The molecule has 1 N–H and O–H groups in total. The number of carbonyl (C=O) groups excluding carboxylic acids is 2. The van der Waals surface area contributed by atoms with Crippen LogP contribution in [0.4, 0.5) is 11.4 Å². The van der Waals surface area contributed by atoms with Gasteiger partial charge in [0.2, 0.25) is 5.75 Å². The summed E-state index contributed by atoms with van der Waals surface area (Å²) in [5.41, 5.74) is 0.303. The predicted molar refractivity (Wildman–Crippen MR) is 103 cm³/mol. The minimum atomic E-state index is -0.760. The molecule has 0 fully saturated rings. The van der Waals surface area contributed by atoms with Crippen molar-refractivity contribution in [3.8, 4) is 11.5 Å². The third-order valence-electron chi connectivity index (χ3n) is 3.69. The van der Waals surface area contributed by atoms with Crippen LogP contribution in [0.1, 0.15) is 20.0 Å². The number of carbonyl (C=O) groups is 2. The molecule has 0 saturated heterocycles. The second-order valence-electron chi connectivity index (χ2n) is 5.49. The molecule has 142 valence electrons. The zero-order valence-electron chi connectivity index (χ0n) is 14.6. The average Bonchev–Trinajstić information content (AvgIpc) is 3.23. The Morgan fingerprint density at radius 1 is 1.11 bits per heavy atom. The second-order valence-corrected chi connectivity index (χ2v) is 6.44. The van der Waals surface area contributed by atoms with Gasteiger partial charge in [0, 0.05) is 5.69 Å². The van der Waals surface area contributed by atoms with E-state index in [4.69, 9.17) is 9.47 Å². The minimum Gasteiger partial charge on any atom is -0.496 e. The predicted octanol–water partition coefficient (Wildman–Crippen LogP) is 4.14. The van der Waals surface area contributed by atoms with Gasteiger partial charge in [0.05, 0.1) is 28.5 Å². The zero-order chi connectivity index (χ0) is 20.1. The number of nitro groups is 1. The number of nitrogens with one attached hydrogen (secondary N) is 1. The first-order valence-electron chi connectivity index (χ1n) is 7.97. The lowest BCUT2D eigenvalue weighted by Gasteiger charge is -2.08. The monoisotopic (exact) mass is 398 g/mol. The summed E-state index contributed by atoms with van der Waals surface area (Å²) in [7, 11) is 1.38. The van der Waals surface area contributed by atoms with E-state index in [1.807, 2.05) is 0 Å². The van der Waals surface area contributed by atoms with Crippen LogP contribution >= 0.6 is 11.3 Å². The van der Waals surface area contributed by atoms with E-state index < -0.39 is 10.9 Å². The van der Waals surface area contributed by atoms with Crippen LogP contribution in [-0.4, -0.2) is 23.9 Å². The van der Waals surface area contributed by atoms with Gasteiger partial charge in [-0.05, 0) is 47.8 Å². The SMILES string of the molecule is COc1ccc(OC(=O)c2ccc(NC(=O)c3cccs3)cc2)c([N+](=O)[O-])c1. The Hall–Kier alpha value is -3.72. The third kappa shape index (κ3) is 4.33. The number of methoxy groups -OCH3 is 1. The molecule has 9 heteroatoms. The molecule has 1 amide bonds. The maximum atomic E-state index is 12.3. The highest BCUT2D eigenvalue weighted by atomic mass is 32.1. The standard InChI is InChI=1S/C19H14N2O6S/c1-26-14-8-9-16(15(11-14)21(24)25)27-19(23)12-4-6-13(7-5-12)20-18(22)17-3-2-10-28-17/h2-11H,1H3,(H,20,22). The Kier molecular flexibility index (Phi) is 5.66. The highest BCUT2D eigenvalue weighted by Gasteiger charge is 2.20. The van der Waals surface area contributed by atoms with E-state index in [1.54, 1.807) is 29.6 Å². The number of benzene rings is 2. The molecule has 0 aliphatic carbocycles. The molecule has 3 rings (SSSR count). The maximum absolute atomic E-state index is 12.3. The molecule has 28 heavy (non-hydrogen) atoms. The molecular weight excluding hydrogens is 384 g/mol. The van der Waals surface area contributed by atoms with Crippen LogP contribution in [0.15, 0.2) is 60.0 Å². The molecule has 0 unspecified atom stereocenters. The van der Waals surface area contributed by atoms with Crippen molar-refractivity contribution in [2.75, 3.05) is 12.4 Å². The Morgan fingerprint density at radius 2 is 1.86 bits per heavy atom. The van der Waals surface area contributed by atoms with Crippen molar-refractivity contribution in [3.63, 3.8) is 0 Å². The largest absolute Gasteiger partial charge is 0.496 e. The molecular formula is C19H14N2O6S. The molecule has 0 radical (unpaired) electrons. The maximum Gasteiger partial charge on any atom is 0.343 e. The van der Waals surface area contributed by atoms with Gasteiger partial charge in [-0.3, -0.25) is 14.9 Å². The lowest BCUT2D eigenvalue weighted by molar-refractivity contribution is -0.385. The van der Waals surface area contributed by atoms with Gasteiger partial charge < -0.3 is 14.8 Å². The number of ether oxygens (including phenoxy) is 2. The average molecular weight is 398 g/mol. The highest BCUT2D eigenvalue weighted by Crippen LogP contribution is 2.31. The van der Waals surface area contributed by atoms with E-state index in [0.717, 1.165) is 0 Å². The fourth-order valence-corrected chi connectivity index (χ4v) is 2.92. The van der Waals surface area contributed by atoms with Crippen molar-refractivity contribution in [3.05, 3.63) is 80.5 Å². The Bertz CT molecular complexity index is 1020. The first-order valence-corrected chi connectivity index (χ1v) is 8.85. The minimum absolute atomic E-state index is 0.180. The Labute approximate surface area is 163 Å². The fourth-order valence-electron chi connectivity index (χ4n) is 2.30. The summed E-state index contributed by atoms with van der Waals surface area (Å²) in [6.45, 7) is 0. The number of nitro benzene ring substituents is 1. The first-order chi connectivity index (χ1) is 13.5. The van der Waals surface area contributed by atoms with Crippen molar-refractivity contribution in [1.82, 2.24) is 0 Å². The van der Waals surface area contributed by atoms with Crippen LogP contribution < -0.4 is 14.8 Å². The lowest BCUT2D eigenvalue weighted by atomic mass is 10.2. The molecule has 3 aromatic rings. The van der Waals surface area contributed by atoms with Crippen molar-refractivity contribution in [2.24, 2.45) is 0 Å². The summed E-state index contributed by atoms with van der Waals surface area (Å²) in [4.78, 5) is 35.4. The van der Waals surface area contributed by atoms with Crippen molar-refractivity contribution < 1.29 is 24.0 Å². The fraction of sp³-hybridized carbons (Fsp3) is 0.0526. The second kappa shape index (κ2) is 8.31. The van der Waals surface area contributed by atoms with E-state index in [2.05, 4.69) is 5.32 Å². The van der Waals surface area contributed by atoms with E-state index in [-0.39, 0.29) is 28.7 Å². The number of anilines is 1. The number of esters is 1. The summed E-state index contributed by atoms with van der Waals surface area (Å²) in [6.07, 6.45) is 0. The molecule has 0 aliphatic rings. The van der Waals surface area contributed by atoms with Crippen LogP contribution in [0.25, 0.3) is 0 Å². The van der Waals surface area contributed by atoms with Crippen LogP contribution in [-0.2, 0) is 0 Å². The van der Waals surface area contributed by atoms with Crippen LogP contribution in [0, 0.1) is 10.1 Å². The molecule has 1 aromatic heterocycles. The van der Waals surface area contributed by atoms with Crippen LogP contribution in [0.2, 0.25) is 0 Å². The van der Waals surface area contributed by atoms with Gasteiger partial charge in [-0.1, -0.05) is 6.07 Å². The third-order valence-corrected chi connectivity index (χ3v) is 4.56. The summed E-state index contributed by atoms with van der Waals surface area (Å²) in [5, 5.41) is 15.7. The zero-order valence-corrected chi connectivity index (χ0v) is 15.4. The van der Waals surface area contributed by atoms with Gasteiger partial charge in [0.25, 0.3) is 5.91 Å². The summed E-state index contributed by atoms with van der Waals surface area (Å²) < 4.78 is 10.1. The number of hydrogen-bond acceptors (Lipinski definition) is 7. The molecule has 0 spiro atoms. The highest BCUT2D eigenvalue weighted by molar-refractivity contribution is 7.12. The van der Waals surface area contributed by atoms with Gasteiger partial charge in [-0.2, -0.15) is 0 Å². The normalized spacial score (nSPS) is 10.2. The van der Waals surface area contributed by atoms with Gasteiger partial charge in [-0.15, -0.1) is 11.3 Å². The van der Waals surface area contributed by atoms with Gasteiger partial charge in [0.1, 0.15) is 5.75 Å². The molecule has 0 bridgehead atoms. The molecule has 8 nitrogen and oxygen atoms in total. The summed E-state index contributed by atoms with van der Waals surface area (Å²) in [5.74, 6) is -0.924. The number of hydrogen-bond donors (Lipinski definition) is 1. The smallest absolute Gasteiger partial charge is 0.343 e. The summed E-state index contributed by atoms with van der Waals surface area (Å²) >= 11 is 1.32. The molecule has 0 atom stereocenters. The van der Waals surface area contributed by atoms with Gasteiger partial charge in [-0.25, -0.2) is 4.79 Å². The number of nitrogens with zero attached hydrogens (tertiary/aromatic N) is 1. The van der Waals surface area contributed by atoms with E-state index in [1.165, 1.54) is 48.8 Å². The number of rotatable bonds is 6. The van der Waals surface area contributed by atoms with Crippen LogP contribution in [0.5, 0.6) is 11.5 Å². The van der Waals surface area contributed by atoms with E-state index in [0.29, 0.717) is 10.6 Å². The molecule has 2 aromatic carbocycles. The molecule has 0 aliphatic heterocycles. The number of thiophene rings is 1. The van der Waals surface area contributed by atoms with Gasteiger partial charge >= 0.3 is 11.7 Å². The first kappa shape index (κ1) is 19.1. The quantitative estimate of drug-likeness (QED) is 0.289. The van der Waals surface area contributed by atoms with E-state index in [9.17, 15) is 19.7 Å². The lowest BCUT2D eigenvalue weighted by Crippen LogP contribution is -2.12. The molecule has 0 saturated carbocycles. The van der Waals surface area contributed by atoms with Crippen LogP contribution in [0.3, 0.4) is 0 Å². The Morgan fingerprint density at radius 3 is 2.46 bits per heavy atom. The van der Waals surface area contributed by atoms with Crippen molar-refractivity contribution >= 4 is 34.6 Å². The number of amides is 1. The Balaban J connectivity index is 1.71.